The quantitative estimate of drug-likeness (QED) is 0.812. The fourth-order valence-corrected chi connectivity index (χ4v) is 3.10. The molecule has 1 aromatic carbocycles. The number of pyridine rings is 1. The average Bonchev–Trinajstić information content (AvgIpc) is 2.55. The van der Waals surface area contributed by atoms with Crippen molar-refractivity contribution in [3.8, 4) is 0 Å². The molecule has 1 aliphatic rings. The number of ether oxygens (including phenoxy) is 1. The molecule has 0 spiro atoms. The minimum atomic E-state index is -0.146. The van der Waals surface area contributed by atoms with Crippen LogP contribution >= 0.6 is 0 Å². The molecule has 0 radical (unpaired) electrons. The van der Waals surface area contributed by atoms with E-state index in [1.165, 1.54) is 12.5 Å². The average molecular weight is 284 g/mol. The number of piperidine rings is 1. The number of fused-ring (bicyclic) bond motifs is 1. The number of nitrogens with zero attached hydrogens (tertiary/aromatic N) is 2. The van der Waals surface area contributed by atoms with Crippen molar-refractivity contribution >= 4 is 22.6 Å². The summed E-state index contributed by atoms with van der Waals surface area (Å²) in [5.74, 6) is 0.842. The van der Waals surface area contributed by atoms with E-state index >= 15 is 0 Å². The Bertz CT molecular complexity index is 636. The van der Waals surface area contributed by atoms with Crippen LogP contribution in [0.15, 0.2) is 36.5 Å². The number of anilines is 1. The molecular weight excluding hydrogens is 264 g/mol. The molecule has 1 fully saturated rings. The van der Waals surface area contributed by atoms with E-state index in [1.54, 1.807) is 0 Å². The fourth-order valence-electron chi connectivity index (χ4n) is 3.10. The Morgan fingerprint density at radius 2 is 2.19 bits per heavy atom. The van der Waals surface area contributed by atoms with Gasteiger partial charge in [0.1, 0.15) is 5.82 Å². The topological polar surface area (TPSA) is 42.4 Å². The Balaban J connectivity index is 1.96. The Morgan fingerprint density at radius 3 is 3.05 bits per heavy atom. The minimum Gasteiger partial charge on any atom is -0.469 e. The highest BCUT2D eigenvalue weighted by atomic mass is 16.5. The number of hydrogen-bond acceptors (Lipinski definition) is 4. The zero-order chi connectivity index (χ0) is 14.7. The molecule has 1 saturated heterocycles. The highest BCUT2D eigenvalue weighted by Crippen LogP contribution is 2.30. The molecule has 1 atom stereocenters. The molecule has 4 heteroatoms. The van der Waals surface area contributed by atoms with Gasteiger partial charge in [0, 0.05) is 24.2 Å². The second-order valence-electron chi connectivity index (χ2n) is 5.48. The van der Waals surface area contributed by atoms with E-state index in [-0.39, 0.29) is 12.0 Å². The van der Waals surface area contributed by atoms with E-state index in [1.807, 2.05) is 24.4 Å². The molecule has 1 aliphatic heterocycles. The highest BCUT2D eigenvalue weighted by Gasteiger charge is 2.27. The third kappa shape index (κ3) is 2.84. The van der Waals surface area contributed by atoms with Gasteiger partial charge in [-0.2, -0.15) is 0 Å². The van der Waals surface area contributed by atoms with Gasteiger partial charge in [-0.15, -0.1) is 0 Å². The second-order valence-corrected chi connectivity index (χ2v) is 5.48. The van der Waals surface area contributed by atoms with Crippen LogP contribution in [-0.2, 0) is 9.53 Å². The third-order valence-corrected chi connectivity index (χ3v) is 4.18. The molecule has 0 N–H and O–H groups in total. The van der Waals surface area contributed by atoms with Crippen molar-refractivity contribution in [3.05, 3.63) is 36.5 Å². The summed E-state index contributed by atoms with van der Waals surface area (Å²) in [5, 5.41) is 2.33. The molecular formula is C17H20N2O2. The van der Waals surface area contributed by atoms with Crippen molar-refractivity contribution in [3.63, 3.8) is 0 Å². The van der Waals surface area contributed by atoms with Gasteiger partial charge >= 0.3 is 5.97 Å². The molecule has 2 heterocycles. The maximum atomic E-state index is 11.7. The number of carbonyl (C=O) groups is 1. The standard InChI is InChI=1S/C17H20N2O2/c1-21-16(20)12-14-7-4-5-11-19(14)17-15-8-3-2-6-13(15)9-10-18-17/h2-3,6,8-10,14H,4-5,7,11-12H2,1H3. The lowest BCUT2D eigenvalue weighted by atomic mass is 9.98. The maximum Gasteiger partial charge on any atom is 0.307 e. The van der Waals surface area contributed by atoms with Crippen LogP contribution < -0.4 is 4.90 Å². The third-order valence-electron chi connectivity index (χ3n) is 4.18. The normalized spacial score (nSPS) is 18.7. The minimum absolute atomic E-state index is 0.146. The van der Waals surface area contributed by atoms with Crippen LogP contribution in [0.5, 0.6) is 0 Å². The van der Waals surface area contributed by atoms with Gasteiger partial charge in [-0.25, -0.2) is 4.98 Å². The number of aromatic nitrogens is 1. The SMILES string of the molecule is COC(=O)CC1CCCCN1c1nccc2ccccc12. The van der Waals surface area contributed by atoms with Crippen LogP contribution in [0.4, 0.5) is 5.82 Å². The zero-order valence-electron chi connectivity index (χ0n) is 12.3. The summed E-state index contributed by atoms with van der Waals surface area (Å²) in [5.41, 5.74) is 0. The van der Waals surface area contributed by atoms with Gasteiger partial charge in [-0.3, -0.25) is 4.79 Å². The van der Waals surface area contributed by atoms with Gasteiger partial charge in [0.2, 0.25) is 0 Å². The van der Waals surface area contributed by atoms with E-state index in [0.29, 0.717) is 6.42 Å². The number of hydrogen-bond donors (Lipinski definition) is 0. The lowest BCUT2D eigenvalue weighted by Crippen LogP contribution is -2.41. The molecule has 110 valence electrons. The number of esters is 1. The van der Waals surface area contributed by atoms with Crippen molar-refractivity contribution in [2.45, 2.75) is 31.7 Å². The predicted molar refractivity (Wildman–Crippen MR) is 83.4 cm³/mol. The van der Waals surface area contributed by atoms with E-state index in [9.17, 15) is 4.79 Å². The summed E-state index contributed by atoms with van der Waals surface area (Å²) in [6, 6.07) is 10.5. The van der Waals surface area contributed by atoms with Crippen molar-refractivity contribution in [1.29, 1.82) is 0 Å². The van der Waals surface area contributed by atoms with Gasteiger partial charge in [0.15, 0.2) is 0 Å². The number of rotatable bonds is 3. The van der Waals surface area contributed by atoms with Crippen LogP contribution in [0.2, 0.25) is 0 Å². The summed E-state index contributed by atoms with van der Waals surface area (Å²) in [4.78, 5) is 18.5. The first-order chi connectivity index (χ1) is 10.3. The summed E-state index contributed by atoms with van der Waals surface area (Å²) in [6.45, 7) is 0.947. The lowest BCUT2D eigenvalue weighted by molar-refractivity contribution is -0.141. The smallest absolute Gasteiger partial charge is 0.307 e. The molecule has 2 aromatic rings. The van der Waals surface area contributed by atoms with Crippen LogP contribution in [0.25, 0.3) is 10.8 Å². The Kier molecular flexibility index (Phi) is 4.04. The Hall–Kier alpha value is -2.10. The van der Waals surface area contributed by atoms with E-state index in [4.69, 9.17) is 4.74 Å². The summed E-state index contributed by atoms with van der Waals surface area (Å²) in [7, 11) is 1.45. The van der Waals surface area contributed by atoms with Gasteiger partial charge in [-0.1, -0.05) is 24.3 Å². The van der Waals surface area contributed by atoms with Gasteiger partial charge < -0.3 is 9.64 Å². The first-order valence-electron chi connectivity index (χ1n) is 7.47. The van der Waals surface area contributed by atoms with Crippen molar-refractivity contribution < 1.29 is 9.53 Å². The van der Waals surface area contributed by atoms with Crippen molar-refractivity contribution in [2.75, 3.05) is 18.6 Å². The molecule has 0 bridgehead atoms. The maximum absolute atomic E-state index is 11.7. The molecule has 0 amide bonds. The Morgan fingerprint density at radius 1 is 1.33 bits per heavy atom. The number of methoxy groups -OCH3 is 1. The molecule has 1 aromatic heterocycles. The summed E-state index contributed by atoms with van der Waals surface area (Å²) in [6.07, 6.45) is 5.59. The molecule has 0 aliphatic carbocycles. The largest absolute Gasteiger partial charge is 0.469 e. The lowest BCUT2D eigenvalue weighted by Gasteiger charge is -2.36. The summed E-state index contributed by atoms with van der Waals surface area (Å²) >= 11 is 0. The van der Waals surface area contributed by atoms with E-state index in [0.717, 1.165) is 37.0 Å². The van der Waals surface area contributed by atoms with Crippen molar-refractivity contribution in [1.82, 2.24) is 4.98 Å². The zero-order valence-corrected chi connectivity index (χ0v) is 12.3. The number of carbonyl (C=O) groups excluding carboxylic acids is 1. The molecule has 0 saturated carbocycles. The first-order valence-corrected chi connectivity index (χ1v) is 7.47. The molecule has 21 heavy (non-hydrogen) atoms. The van der Waals surface area contributed by atoms with Crippen molar-refractivity contribution in [2.24, 2.45) is 0 Å². The Labute approximate surface area is 124 Å². The summed E-state index contributed by atoms with van der Waals surface area (Å²) < 4.78 is 4.84. The van der Waals surface area contributed by atoms with Gasteiger partial charge in [-0.05, 0) is 30.7 Å². The van der Waals surface area contributed by atoms with Crippen LogP contribution in [0.1, 0.15) is 25.7 Å². The highest BCUT2D eigenvalue weighted by molar-refractivity contribution is 5.92. The molecule has 1 unspecified atom stereocenters. The van der Waals surface area contributed by atoms with E-state index in [2.05, 4.69) is 22.0 Å². The van der Waals surface area contributed by atoms with Gasteiger partial charge in [0.25, 0.3) is 0 Å². The predicted octanol–water partition coefficient (Wildman–Crippen LogP) is 3.16. The van der Waals surface area contributed by atoms with Crippen LogP contribution in [0, 0.1) is 0 Å². The molecule has 3 rings (SSSR count). The number of benzene rings is 1. The first kappa shape index (κ1) is 13.9. The fraction of sp³-hybridized carbons (Fsp3) is 0.412. The monoisotopic (exact) mass is 284 g/mol. The second kappa shape index (κ2) is 6.12. The molecule has 4 nitrogen and oxygen atoms in total. The van der Waals surface area contributed by atoms with Gasteiger partial charge in [0.05, 0.1) is 13.5 Å². The van der Waals surface area contributed by atoms with Crippen LogP contribution in [0.3, 0.4) is 0 Å². The van der Waals surface area contributed by atoms with Crippen LogP contribution in [-0.4, -0.2) is 30.6 Å². The van der Waals surface area contributed by atoms with E-state index < -0.39 is 0 Å².